The number of H-pyrrole nitrogens is 1. The fourth-order valence-corrected chi connectivity index (χ4v) is 3.99. The highest BCUT2D eigenvalue weighted by Gasteiger charge is 2.23. The summed E-state index contributed by atoms with van der Waals surface area (Å²) in [6, 6.07) is 15.9. The van der Waals surface area contributed by atoms with Crippen molar-refractivity contribution in [3.8, 4) is 5.75 Å². The number of para-hydroxylation sites is 1. The average Bonchev–Trinajstić information content (AvgIpc) is 2.95. The molecule has 1 aromatic heterocycles. The van der Waals surface area contributed by atoms with E-state index >= 15 is 0 Å². The van der Waals surface area contributed by atoms with Crippen LogP contribution in [-0.2, 0) is 23.0 Å². The van der Waals surface area contributed by atoms with Gasteiger partial charge >= 0.3 is 10.1 Å². The fourth-order valence-electron chi connectivity index (χ4n) is 3.53. The van der Waals surface area contributed by atoms with E-state index in [-0.39, 0.29) is 6.04 Å². The zero-order valence-electron chi connectivity index (χ0n) is 14.0. The molecule has 1 unspecified atom stereocenters. The van der Waals surface area contributed by atoms with Crippen LogP contribution in [0.1, 0.15) is 22.9 Å². The topological polar surface area (TPSA) is 71.2 Å². The lowest BCUT2D eigenvalue weighted by atomic mass is 9.95. The molecule has 1 atom stereocenters. The van der Waals surface area contributed by atoms with Gasteiger partial charge in [-0.15, -0.1) is 0 Å². The fraction of sp³-hybridized carbons (Fsp3) is 0.263. The highest BCUT2D eigenvalue weighted by Crippen LogP contribution is 2.31. The van der Waals surface area contributed by atoms with Crippen molar-refractivity contribution >= 4 is 21.0 Å². The lowest BCUT2D eigenvalue weighted by Gasteiger charge is -2.24. The molecule has 0 bridgehead atoms. The molecule has 2 heterocycles. The van der Waals surface area contributed by atoms with Crippen LogP contribution in [-0.4, -0.2) is 26.2 Å². The van der Waals surface area contributed by atoms with E-state index in [4.69, 9.17) is 4.18 Å². The molecule has 25 heavy (non-hydrogen) atoms. The summed E-state index contributed by atoms with van der Waals surface area (Å²) in [5.74, 6) is 0.342. The van der Waals surface area contributed by atoms with Crippen molar-refractivity contribution in [1.29, 1.82) is 0 Å². The zero-order chi connectivity index (χ0) is 17.4. The predicted octanol–water partition coefficient (Wildman–Crippen LogP) is 2.94. The highest BCUT2D eigenvalue weighted by atomic mass is 32.2. The monoisotopic (exact) mass is 356 g/mol. The maximum atomic E-state index is 11.2. The normalized spacial score (nSPS) is 17.4. The first-order valence-electron chi connectivity index (χ1n) is 8.31. The van der Waals surface area contributed by atoms with Crippen molar-refractivity contribution in [1.82, 2.24) is 10.3 Å². The molecule has 0 saturated heterocycles. The summed E-state index contributed by atoms with van der Waals surface area (Å²) in [7, 11) is -3.49. The quantitative estimate of drug-likeness (QED) is 0.705. The molecule has 4 rings (SSSR count). The van der Waals surface area contributed by atoms with E-state index in [9.17, 15) is 8.42 Å². The maximum absolute atomic E-state index is 11.2. The van der Waals surface area contributed by atoms with E-state index in [1.165, 1.54) is 22.2 Å². The number of hydrogen-bond donors (Lipinski definition) is 2. The van der Waals surface area contributed by atoms with Crippen LogP contribution in [0.25, 0.3) is 10.9 Å². The Morgan fingerprint density at radius 1 is 1.12 bits per heavy atom. The van der Waals surface area contributed by atoms with E-state index in [0.29, 0.717) is 5.75 Å². The zero-order valence-corrected chi connectivity index (χ0v) is 14.8. The molecule has 6 heteroatoms. The minimum absolute atomic E-state index is 0.220. The second kappa shape index (κ2) is 6.20. The van der Waals surface area contributed by atoms with Crippen molar-refractivity contribution < 1.29 is 12.6 Å². The van der Waals surface area contributed by atoms with Gasteiger partial charge in [0, 0.05) is 16.6 Å². The number of aromatic amines is 1. The maximum Gasteiger partial charge on any atom is 0.306 e. The average molecular weight is 356 g/mol. The van der Waals surface area contributed by atoms with Crippen LogP contribution in [0.4, 0.5) is 0 Å². The summed E-state index contributed by atoms with van der Waals surface area (Å²) in [6.07, 6.45) is 2.90. The van der Waals surface area contributed by atoms with E-state index in [0.717, 1.165) is 31.2 Å². The molecular weight excluding hydrogens is 336 g/mol. The second-order valence-electron chi connectivity index (χ2n) is 6.46. The molecule has 1 aliphatic rings. The number of hydrogen-bond acceptors (Lipinski definition) is 4. The van der Waals surface area contributed by atoms with Gasteiger partial charge in [0.15, 0.2) is 0 Å². The van der Waals surface area contributed by atoms with Gasteiger partial charge in [-0.05, 0) is 48.7 Å². The van der Waals surface area contributed by atoms with Crippen molar-refractivity contribution in [3.63, 3.8) is 0 Å². The van der Waals surface area contributed by atoms with E-state index in [1.54, 1.807) is 12.1 Å². The van der Waals surface area contributed by atoms with Gasteiger partial charge in [0.2, 0.25) is 0 Å². The van der Waals surface area contributed by atoms with Crippen LogP contribution in [0.3, 0.4) is 0 Å². The smallest absolute Gasteiger partial charge is 0.306 e. The molecule has 5 nitrogen and oxygen atoms in total. The lowest BCUT2D eigenvalue weighted by molar-refractivity contribution is 0.489. The summed E-state index contributed by atoms with van der Waals surface area (Å²) < 4.78 is 27.3. The van der Waals surface area contributed by atoms with Gasteiger partial charge in [0.1, 0.15) is 5.75 Å². The van der Waals surface area contributed by atoms with Crippen molar-refractivity contribution in [2.24, 2.45) is 0 Å². The molecule has 1 aliphatic heterocycles. The van der Waals surface area contributed by atoms with Gasteiger partial charge < -0.3 is 14.5 Å². The molecule has 0 radical (unpaired) electrons. The number of nitrogens with one attached hydrogen (secondary N) is 2. The molecule has 130 valence electrons. The Morgan fingerprint density at radius 2 is 1.88 bits per heavy atom. The van der Waals surface area contributed by atoms with Gasteiger partial charge in [-0.1, -0.05) is 30.3 Å². The van der Waals surface area contributed by atoms with Crippen LogP contribution in [0, 0.1) is 0 Å². The summed E-state index contributed by atoms with van der Waals surface area (Å²) in [4.78, 5) is 3.56. The van der Waals surface area contributed by atoms with Gasteiger partial charge in [-0.3, -0.25) is 0 Å². The number of benzene rings is 2. The van der Waals surface area contributed by atoms with Crippen LogP contribution in [0.5, 0.6) is 5.75 Å². The Kier molecular flexibility index (Phi) is 4.01. The first-order valence-corrected chi connectivity index (χ1v) is 10.1. The third kappa shape index (κ3) is 3.41. The Morgan fingerprint density at radius 3 is 2.64 bits per heavy atom. The van der Waals surface area contributed by atoms with Crippen LogP contribution in [0.2, 0.25) is 0 Å². The van der Waals surface area contributed by atoms with Crippen molar-refractivity contribution in [2.45, 2.75) is 18.9 Å². The molecule has 2 N–H and O–H groups in total. The number of rotatable bonds is 4. The van der Waals surface area contributed by atoms with Crippen LogP contribution in [0.15, 0.2) is 48.5 Å². The number of fused-ring (bicyclic) bond motifs is 3. The molecule has 0 saturated carbocycles. The largest absolute Gasteiger partial charge is 0.383 e. The Bertz CT molecular complexity index is 1010. The Labute approximate surface area is 147 Å². The van der Waals surface area contributed by atoms with Gasteiger partial charge in [0.25, 0.3) is 0 Å². The third-order valence-electron chi connectivity index (χ3n) is 4.57. The molecule has 2 aromatic carbocycles. The van der Waals surface area contributed by atoms with Gasteiger partial charge in [-0.2, -0.15) is 8.42 Å². The minimum atomic E-state index is -3.49. The molecule has 0 spiro atoms. The van der Waals surface area contributed by atoms with E-state index < -0.39 is 10.1 Å². The first kappa shape index (κ1) is 16.2. The lowest BCUT2D eigenvalue weighted by Crippen LogP contribution is -2.31. The van der Waals surface area contributed by atoms with E-state index in [1.807, 2.05) is 18.2 Å². The standard InChI is InChI=1S/C19H20N2O3S/c1-25(22,23)24-14-8-6-13(7-9-14)12-18-19-16(10-11-20-18)15-4-2-3-5-17(15)21-19/h2-9,18,20-21H,10-12H2,1H3. The molecule has 0 aliphatic carbocycles. The van der Waals surface area contributed by atoms with Crippen LogP contribution >= 0.6 is 0 Å². The number of aromatic nitrogens is 1. The first-order chi connectivity index (χ1) is 12.0. The Hall–Kier alpha value is -2.31. The van der Waals surface area contributed by atoms with Crippen LogP contribution < -0.4 is 9.50 Å². The minimum Gasteiger partial charge on any atom is -0.383 e. The summed E-state index contributed by atoms with van der Waals surface area (Å²) in [5, 5.41) is 4.89. The predicted molar refractivity (Wildman–Crippen MR) is 98.4 cm³/mol. The molecular formula is C19H20N2O3S. The highest BCUT2D eigenvalue weighted by molar-refractivity contribution is 7.86. The summed E-state index contributed by atoms with van der Waals surface area (Å²) >= 11 is 0. The molecule has 0 fully saturated rings. The summed E-state index contributed by atoms with van der Waals surface area (Å²) in [6.45, 7) is 0.953. The van der Waals surface area contributed by atoms with Gasteiger partial charge in [-0.25, -0.2) is 0 Å². The van der Waals surface area contributed by atoms with Crippen molar-refractivity contribution in [2.75, 3.05) is 12.8 Å². The van der Waals surface area contributed by atoms with Gasteiger partial charge in [0.05, 0.1) is 12.3 Å². The Balaban J connectivity index is 1.58. The third-order valence-corrected chi connectivity index (χ3v) is 5.07. The molecule has 0 amide bonds. The van der Waals surface area contributed by atoms with E-state index in [2.05, 4.69) is 28.5 Å². The summed E-state index contributed by atoms with van der Waals surface area (Å²) in [5.41, 5.74) is 4.96. The van der Waals surface area contributed by atoms with Crippen molar-refractivity contribution in [3.05, 3.63) is 65.4 Å². The molecule has 3 aromatic rings. The SMILES string of the molecule is CS(=O)(=O)Oc1ccc(CC2NCCc3c2[nH]c2ccccc32)cc1. The second-order valence-corrected chi connectivity index (χ2v) is 8.03.